The Balaban J connectivity index is 4.45. The molecule has 16 heavy (non-hydrogen) atoms. The van der Waals surface area contributed by atoms with Crippen LogP contribution in [-0.4, -0.2) is 42.2 Å². The highest BCUT2D eigenvalue weighted by molar-refractivity contribution is 5.71. The summed E-state index contributed by atoms with van der Waals surface area (Å²) in [5, 5.41) is 0. The van der Waals surface area contributed by atoms with Crippen molar-refractivity contribution in [3.05, 3.63) is 0 Å². The number of quaternary nitrogens is 1. The van der Waals surface area contributed by atoms with Crippen molar-refractivity contribution in [3.63, 3.8) is 0 Å². The molecule has 0 aromatic heterocycles. The van der Waals surface area contributed by atoms with Crippen LogP contribution in [0.1, 0.15) is 48.0 Å². The lowest BCUT2D eigenvalue weighted by atomic mass is 10.2. The molecule has 0 fully saturated rings. The minimum atomic E-state index is -0.375. The number of carbonyl (C=O) groups excluding carboxylic acids is 1. The summed E-state index contributed by atoms with van der Waals surface area (Å²) in [6.45, 7) is 15.7. The molecule has 0 N–H and O–H groups in total. The molecule has 0 aliphatic carbocycles. The van der Waals surface area contributed by atoms with Gasteiger partial charge in [-0.25, -0.2) is 4.79 Å². The first-order valence-corrected chi connectivity index (χ1v) is 6.35. The summed E-state index contributed by atoms with van der Waals surface area (Å²) in [6.07, 6.45) is 1.10. The van der Waals surface area contributed by atoms with Crippen molar-refractivity contribution in [1.82, 2.24) is 0 Å². The molecule has 96 valence electrons. The fourth-order valence-electron chi connectivity index (χ4n) is 1.96. The van der Waals surface area contributed by atoms with E-state index in [2.05, 4.69) is 20.8 Å². The molecule has 0 amide bonds. The molecular formula is C13H28NO2+. The lowest BCUT2D eigenvalue weighted by molar-refractivity contribution is -0.918. The monoisotopic (exact) mass is 230 g/mol. The predicted molar refractivity (Wildman–Crippen MR) is 67.2 cm³/mol. The number of hydrogen-bond donors (Lipinski definition) is 0. The number of rotatable bonds is 6. The molecule has 0 aromatic rings. The summed E-state index contributed by atoms with van der Waals surface area (Å²) in [7, 11) is 0. The molecule has 0 aliphatic rings. The van der Waals surface area contributed by atoms with Gasteiger partial charge in [0.15, 0.2) is 6.54 Å². The van der Waals surface area contributed by atoms with Gasteiger partial charge < -0.3 is 9.22 Å². The van der Waals surface area contributed by atoms with Crippen LogP contribution in [0.3, 0.4) is 0 Å². The third-order valence-corrected chi connectivity index (χ3v) is 2.92. The molecule has 3 nitrogen and oxygen atoms in total. The maximum Gasteiger partial charge on any atom is 0.362 e. The normalized spacial score (nSPS) is 12.6. The van der Waals surface area contributed by atoms with Gasteiger partial charge in [0.1, 0.15) is 5.60 Å². The van der Waals surface area contributed by atoms with E-state index in [1.165, 1.54) is 0 Å². The van der Waals surface area contributed by atoms with Crippen LogP contribution < -0.4 is 0 Å². The second kappa shape index (κ2) is 6.24. The first-order valence-electron chi connectivity index (χ1n) is 6.35. The summed E-state index contributed by atoms with van der Waals surface area (Å²) in [5.41, 5.74) is -0.375. The lowest BCUT2D eigenvalue weighted by Crippen LogP contribution is -2.52. The average Bonchev–Trinajstić information content (AvgIpc) is 2.14. The molecule has 0 rings (SSSR count). The molecule has 3 heteroatoms. The highest BCUT2D eigenvalue weighted by atomic mass is 16.6. The molecule has 0 aliphatic heterocycles. The molecule has 0 atom stereocenters. The zero-order valence-corrected chi connectivity index (χ0v) is 11.8. The van der Waals surface area contributed by atoms with Gasteiger partial charge in [0, 0.05) is 0 Å². The third-order valence-electron chi connectivity index (χ3n) is 2.92. The van der Waals surface area contributed by atoms with Crippen molar-refractivity contribution < 1.29 is 14.0 Å². The molecular weight excluding hydrogens is 202 g/mol. The van der Waals surface area contributed by atoms with Crippen molar-refractivity contribution in [3.8, 4) is 0 Å². The quantitative estimate of drug-likeness (QED) is 0.518. The molecule has 0 radical (unpaired) electrons. The van der Waals surface area contributed by atoms with Gasteiger partial charge in [-0.05, 0) is 41.0 Å². The zero-order chi connectivity index (χ0) is 12.8. The Morgan fingerprint density at radius 2 is 1.62 bits per heavy atom. The van der Waals surface area contributed by atoms with E-state index in [0.717, 1.165) is 30.5 Å². The van der Waals surface area contributed by atoms with E-state index < -0.39 is 0 Å². The summed E-state index contributed by atoms with van der Waals surface area (Å²) in [4.78, 5) is 11.8. The molecule has 0 unspecified atom stereocenters. The Hall–Kier alpha value is -0.570. The van der Waals surface area contributed by atoms with Gasteiger partial charge in [-0.3, -0.25) is 0 Å². The number of nitrogens with zero attached hydrogens (tertiary/aromatic N) is 1. The van der Waals surface area contributed by atoms with Crippen molar-refractivity contribution in [2.45, 2.75) is 53.6 Å². The standard InChI is InChI=1S/C13H28NO2/c1-7-10-14(8-2,9-3)11-12(15)16-13(4,5)6/h7-11H2,1-6H3/q+1. The van der Waals surface area contributed by atoms with Gasteiger partial charge in [-0.1, -0.05) is 6.92 Å². The van der Waals surface area contributed by atoms with E-state index in [-0.39, 0.29) is 11.6 Å². The van der Waals surface area contributed by atoms with Gasteiger partial charge in [-0.2, -0.15) is 0 Å². The molecule has 0 saturated carbocycles. The second-order valence-corrected chi connectivity index (χ2v) is 5.44. The van der Waals surface area contributed by atoms with Crippen LogP contribution in [0.2, 0.25) is 0 Å². The van der Waals surface area contributed by atoms with E-state index in [1.807, 2.05) is 20.8 Å². The van der Waals surface area contributed by atoms with Crippen LogP contribution in [0.4, 0.5) is 0 Å². The maximum absolute atomic E-state index is 11.8. The smallest absolute Gasteiger partial charge is 0.362 e. The van der Waals surface area contributed by atoms with Gasteiger partial charge >= 0.3 is 5.97 Å². The Bertz CT molecular complexity index is 214. The molecule has 0 spiro atoms. The van der Waals surface area contributed by atoms with E-state index in [9.17, 15) is 4.79 Å². The van der Waals surface area contributed by atoms with Crippen molar-refractivity contribution in [2.24, 2.45) is 0 Å². The highest BCUT2D eigenvalue weighted by Gasteiger charge is 2.28. The zero-order valence-electron chi connectivity index (χ0n) is 11.8. The van der Waals surface area contributed by atoms with Gasteiger partial charge in [0.2, 0.25) is 0 Å². The highest BCUT2D eigenvalue weighted by Crippen LogP contribution is 2.12. The number of hydrogen-bond acceptors (Lipinski definition) is 2. The summed E-state index contributed by atoms with van der Waals surface area (Å²) >= 11 is 0. The fraction of sp³-hybridized carbons (Fsp3) is 0.923. The van der Waals surface area contributed by atoms with Gasteiger partial charge in [0.05, 0.1) is 19.6 Å². The molecule has 0 aromatic carbocycles. The Morgan fingerprint density at radius 1 is 1.12 bits per heavy atom. The summed E-state index contributed by atoms with van der Waals surface area (Å²) in [5.74, 6) is -0.0790. The minimum Gasteiger partial charge on any atom is -0.456 e. The van der Waals surface area contributed by atoms with Gasteiger partial charge in [-0.15, -0.1) is 0 Å². The van der Waals surface area contributed by atoms with Crippen LogP contribution in [0, 0.1) is 0 Å². The van der Waals surface area contributed by atoms with E-state index in [0.29, 0.717) is 6.54 Å². The van der Waals surface area contributed by atoms with Gasteiger partial charge in [0.25, 0.3) is 0 Å². The van der Waals surface area contributed by atoms with E-state index in [4.69, 9.17) is 4.74 Å². The average molecular weight is 230 g/mol. The fourth-order valence-corrected chi connectivity index (χ4v) is 1.96. The largest absolute Gasteiger partial charge is 0.456 e. The van der Waals surface area contributed by atoms with Crippen molar-refractivity contribution >= 4 is 5.97 Å². The van der Waals surface area contributed by atoms with Crippen LogP contribution in [0.25, 0.3) is 0 Å². The first kappa shape index (κ1) is 15.4. The number of carbonyl (C=O) groups is 1. The Kier molecular flexibility index (Phi) is 6.01. The van der Waals surface area contributed by atoms with E-state index in [1.54, 1.807) is 0 Å². The molecule has 0 heterocycles. The minimum absolute atomic E-state index is 0.0790. The third kappa shape index (κ3) is 5.50. The summed E-state index contributed by atoms with van der Waals surface area (Å²) in [6, 6.07) is 0. The lowest BCUT2D eigenvalue weighted by Gasteiger charge is -2.36. The number of ether oxygens (including phenoxy) is 1. The first-order chi connectivity index (χ1) is 7.28. The Morgan fingerprint density at radius 3 is 1.94 bits per heavy atom. The van der Waals surface area contributed by atoms with E-state index >= 15 is 0 Å². The topological polar surface area (TPSA) is 26.3 Å². The molecule has 0 saturated heterocycles. The Labute approximate surface area is 100 Å². The SMILES string of the molecule is CCC[N+](CC)(CC)CC(=O)OC(C)(C)C. The number of likely N-dealkylation sites (N-methyl/N-ethyl adjacent to an activating group) is 1. The predicted octanol–water partition coefficient (Wildman–Crippen LogP) is 2.59. The summed E-state index contributed by atoms with van der Waals surface area (Å²) < 4.78 is 6.23. The molecule has 0 bridgehead atoms. The maximum atomic E-state index is 11.8. The van der Waals surface area contributed by atoms with Crippen LogP contribution in [0.15, 0.2) is 0 Å². The van der Waals surface area contributed by atoms with Crippen LogP contribution in [-0.2, 0) is 9.53 Å². The number of esters is 1. The second-order valence-electron chi connectivity index (χ2n) is 5.44. The van der Waals surface area contributed by atoms with Crippen molar-refractivity contribution in [1.29, 1.82) is 0 Å². The van der Waals surface area contributed by atoms with Crippen molar-refractivity contribution in [2.75, 3.05) is 26.2 Å². The van der Waals surface area contributed by atoms with Crippen LogP contribution >= 0.6 is 0 Å². The van der Waals surface area contributed by atoms with Crippen LogP contribution in [0.5, 0.6) is 0 Å².